The quantitative estimate of drug-likeness (QED) is 0.740. The molecule has 3 heteroatoms. The summed E-state index contributed by atoms with van der Waals surface area (Å²) < 4.78 is 2.04. The number of rotatable bonds is 2. The molecule has 1 aromatic rings. The van der Waals surface area contributed by atoms with Gasteiger partial charge >= 0.3 is 0 Å². The van der Waals surface area contributed by atoms with Crippen molar-refractivity contribution in [2.45, 2.75) is 57.9 Å². The van der Waals surface area contributed by atoms with Crippen molar-refractivity contribution in [3.8, 4) is 0 Å². The molecule has 0 radical (unpaired) electrons. The zero-order valence-electron chi connectivity index (χ0n) is 9.54. The monoisotopic (exact) mass is 226 g/mol. The van der Waals surface area contributed by atoms with Gasteiger partial charge in [-0.05, 0) is 24.8 Å². The van der Waals surface area contributed by atoms with Crippen molar-refractivity contribution in [1.82, 2.24) is 9.78 Å². The van der Waals surface area contributed by atoms with Crippen molar-refractivity contribution in [2.24, 2.45) is 0 Å². The zero-order valence-corrected chi connectivity index (χ0v) is 10.3. The van der Waals surface area contributed by atoms with Gasteiger partial charge in [-0.3, -0.25) is 4.68 Å². The van der Waals surface area contributed by atoms with E-state index in [9.17, 15) is 0 Å². The number of nitrogens with zero attached hydrogens (tertiary/aromatic N) is 2. The van der Waals surface area contributed by atoms with E-state index in [1.807, 2.05) is 10.7 Å². The Hall–Kier alpha value is -0.500. The first kappa shape index (κ1) is 11.0. The van der Waals surface area contributed by atoms with Gasteiger partial charge in [0.2, 0.25) is 0 Å². The molecule has 2 rings (SSSR count). The van der Waals surface area contributed by atoms with Gasteiger partial charge in [0.25, 0.3) is 0 Å². The number of hydrogen-bond acceptors (Lipinski definition) is 1. The van der Waals surface area contributed by atoms with E-state index >= 15 is 0 Å². The van der Waals surface area contributed by atoms with E-state index in [0.29, 0.717) is 12.0 Å². The van der Waals surface area contributed by atoms with Crippen LogP contribution in [0.25, 0.3) is 0 Å². The number of halogens is 1. The molecule has 1 aliphatic carbocycles. The Labute approximate surface area is 96.6 Å². The van der Waals surface area contributed by atoms with Gasteiger partial charge in [0.05, 0.1) is 11.7 Å². The average Bonchev–Trinajstić information content (AvgIpc) is 2.62. The molecule has 0 spiro atoms. The molecule has 0 amide bonds. The molecule has 1 aromatic heterocycles. The van der Waals surface area contributed by atoms with Gasteiger partial charge in [-0.1, -0.05) is 44.7 Å². The van der Waals surface area contributed by atoms with E-state index in [1.165, 1.54) is 32.1 Å². The lowest BCUT2D eigenvalue weighted by Crippen LogP contribution is -2.14. The Morgan fingerprint density at radius 2 is 2.00 bits per heavy atom. The van der Waals surface area contributed by atoms with Crippen LogP contribution < -0.4 is 0 Å². The summed E-state index contributed by atoms with van der Waals surface area (Å²) in [6.45, 7) is 4.31. The van der Waals surface area contributed by atoms with Crippen molar-refractivity contribution < 1.29 is 0 Å². The van der Waals surface area contributed by atoms with Crippen LogP contribution in [0.4, 0.5) is 0 Å². The van der Waals surface area contributed by atoms with Crippen molar-refractivity contribution in [2.75, 3.05) is 0 Å². The minimum absolute atomic E-state index is 0.465. The Kier molecular flexibility index (Phi) is 3.35. The Bertz CT molecular complexity index is 324. The van der Waals surface area contributed by atoms with Crippen LogP contribution in [0, 0.1) is 0 Å². The maximum absolute atomic E-state index is 6.22. The van der Waals surface area contributed by atoms with Gasteiger partial charge in [0.15, 0.2) is 0 Å². The lowest BCUT2D eigenvalue weighted by molar-refractivity contribution is 0.328. The molecule has 0 aromatic carbocycles. The molecule has 84 valence electrons. The number of aromatic nitrogens is 2. The smallest absolute Gasteiger partial charge is 0.127 e. The lowest BCUT2D eigenvalue weighted by atomic mass is 9.96. The summed E-state index contributed by atoms with van der Waals surface area (Å²) in [5.41, 5.74) is 1.12. The summed E-state index contributed by atoms with van der Waals surface area (Å²) in [5, 5.41) is 5.43. The van der Waals surface area contributed by atoms with Crippen LogP contribution in [-0.2, 0) is 0 Å². The molecular formula is C12H19ClN2. The molecule has 0 N–H and O–H groups in total. The fourth-order valence-electron chi connectivity index (χ4n) is 2.25. The van der Waals surface area contributed by atoms with Gasteiger partial charge in [-0.2, -0.15) is 5.10 Å². The third-order valence-corrected chi connectivity index (χ3v) is 3.50. The van der Waals surface area contributed by atoms with E-state index in [0.717, 1.165) is 10.8 Å². The molecule has 0 saturated heterocycles. The molecule has 1 aliphatic rings. The molecule has 0 unspecified atom stereocenters. The molecule has 1 heterocycles. The van der Waals surface area contributed by atoms with Gasteiger partial charge in [-0.25, -0.2) is 0 Å². The highest BCUT2D eigenvalue weighted by Gasteiger charge is 2.19. The first-order valence-electron chi connectivity index (χ1n) is 5.93. The minimum atomic E-state index is 0.465. The van der Waals surface area contributed by atoms with Gasteiger partial charge in [0.1, 0.15) is 5.15 Å². The fourth-order valence-corrected chi connectivity index (χ4v) is 2.54. The highest BCUT2D eigenvalue weighted by molar-refractivity contribution is 6.29. The SMILES string of the molecule is CC(C)c1cc(Cl)n(C2CCCCC2)n1. The second kappa shape index (κ2) is 4.56. The lowest BCUT2D eigenvalue weighted by Gasteiger charge is -2.22. The maximum atomic E-state index is 6.22. The van der Waals surface area contributed by atoms with E-state index in [1.54, 1.807) is 0 Å². The van der Waals surface area contributed by atoms with Crippen molar-refractivity contribution in [3.05, 3.63) is 16.9 Å². The summed E-state index contributed by atoms with van der Waals surface area (Å²) in [5.74, 6) is 0.465. The van der Waals surface area contributed by atoms with Crippen molar-refractivity contribution >= 4 is 11.6 Å². The summed E-state index contributed by atoms with van der Waals surface area (Å²) >= 11 is 6.22. The third-order valence-electron chi connectivity index (χ3n) is 3.22. The normalized spacial score (nSPS) is 18.7. The van der Waals surface area contributed by atoms with Gasteiger partial charge in [-0.15, -0.1) is 0 Å². The standard InChI is InChI=1S/C12H19ClN2/c1-9(2)11-8-12(13)15(14-11)10-6-4-3-5-7-10/h8-10H,3-7H2,1-2H3. The van der Waals surface area contributed by atoms with Gasteiger partial charge in [0, 0.05) is 0 Å². The second-order valence-corrected chi connectivity index (χ2v) is 5.17. The topological polar surface area (TPSA) is 17.8 Å². The summed E-state index contributed by atoms with van der Waals surface area (Å²) in [7, 11) is 0. The molecule has 1 fully saturated rings. The third kappa shape index (κ3) is 2.36. The first-order valence-corrected chi connectivity index (χ1v) is 6.31. The van der Waals surface area contributed by atoms with E-state index in [-0.39, 0.29) is 0 Å². The van der Waals surface area contributed by atoms with Crippen LogP contribution in [0.2, 0.25) is 5.15 Å². The van der Waals surface area contributed by atoms with Gasteiger partial charge < -0.3 is 0 Å². The highest BCUT2D eigenvalue weighted by atomic mass is 35.5. The van der Waals surface area contributed by atoms with E-state index in [4.69, 9.17) is 11.6 Å². The first-order chi connectivity index (χ1) is 7.18. The molecule has 15 heavy (non-hydrogen) atoms. The fraction of sp³-hybridized carbons (Fsp3) is 0.750. The van der Waals surface area contributed by atoms with E-state index in [2.05, 4.69) is 18.9 Å². The Balaban J connectivity index is 2.19. The van der Waals surface area contributed by atoms with Crippen LogP contribution in [0.5, 0.6) is 0 Å². The van der Waals surface area contributed by atoms with Crippen LogP contribution in [0.3, 0.4) is 0 Å². The Morgan fingerprint density at radius 3 is 2.53 bits per heavy atom. The Morgan fingerprint density at radius 1 is 1.33 bits per heavy atom. The highest BCUT2D eigenvalue weighted by Crippen LogP contribution is 2.31. The molecular weight excluding hydrogens is 208 g/mol. The molecule has 0 atom stereocenters. The van der Waals surface area contributed by atoms with E-state index < -0.39 is 0 Å². The van der Waals surface area contributed by atoms with Crippen LogP contribution in [0.1, 0.15) is 63.6 Å². The molecule has 2 nitrogen and oxygen atoms in total. The maximum Gasteiger partial charge on any atom is 0.127 e. The average molecular weight is 227 g/mol. The summed E-state index contributed by atoms with van der Waals surface area (Å²) in [6.07, 6.45) is 6.47. The van der Waals surface area contributed by atoms with Crippen molar-refractivity contribution in [1.29, 1.82) is 0 Å². The predicted octanol–water partition coefficient (Wildman–Crippen LogP) is 4.17. The molecule has 0 aliphatic heterocycles. The van der Waals surface area contributed by atoms with Crippen LogP contribution in [-0.4, -0.2) is 9.78 Å². The van der Waals surface area contributed by atoms with Crippen molar-refractivity contribution in [3.63, 3.8) is 0 Å². The van der Waals surface area contributed by atoms with Crippen LogP contribution >= 0.6 is 11.6 Å². The summed E-state index contributed by atoms with van der Waals surface area (Å²) in [6, 6.07) is 2.56. The molecule has 0 bridgehead atoms. The predicted molar refractivity (Wildman–Crippen MR) is 63.4 cm³/mol. The zero-order chi connectivity index (χ0) is 10.8. The van der Waals surface area contributed by atoms with Crippen LogP contribution in [0.15, 0.2) is 6.07 Å². The summed E-state index contributed by atoms with van der Waals surface area (Å²) in [4.78, 5) is 0. The largest absolute Gasteiger partial charge is 0.251 e. The molecule has 1 saturated carbocycles. The minimum Gasteiger partial charge on any atom is -0.251 e. The second-order valence-electron chi connectivity index (χ2n) is 4.78. The number of hydrogen-bond donors (Lipinski definition) is 0.